The maximum absolute atomic E-state index is 12.2. The second-order valence-electron chi connectivity index (χ2n) is 3.81. The Balaban J connectivity index is 2.23. The third kappa shape index (κ3) is 2.12. The molecular weight excluding hydrogens is 242 g/mol. The van der Waals surface area contributed by atoms with Gasteiger partial charge in [0.25, 0.3) is 5.91 Å². The first-order valence-corrected chi connectivity index (χ1v) is 6.18. The molecule has 0 bridgehead atoms. The number of likely N-dealkylation sites (tertiary alicyclic amines) is 1. The maximum atomic E-state index is 12.2. The number of hydrogen-bond acceptors (Lipinski definition) is 4. The Morgan fingerprint density at radius 1 is 1.59 bits per heavy atom. The zero-order valence-corrected chi connectivity index (χ0v) is 10.2. The predicted octanol–water partition coefficient (Wildman–Crippen LogP) is 1.45. The van der Waals surface area contributed by atoms with Crippen LogP contribution in [0.4, 0.5) is 0 Å². The molecule has 1 atom stereocenters. The smallest absolute Gasteiger partial charge is 0.326 e. The van der Waals surface area contributed by atoms with Crippen LogP contribution in [0.5, 0.6) is 5.75 Å². The van der Waals surface area contributed by atoms with Gasteiger partial charge in [-0.3, -0.25) is 4.79 Å². The molecule has 5 nitrogen and oxygen atoms in total. The third-order valence-electron chi connectivity index (χ3n) is 2.84. The lowest BCUT2D eigenvalue weighted by atomic mass is 10.2. The van der Waals surface area contributed by atoms with Gasteiger partial charge in [0.2, 0.25) is 0 Å². The second kappa shape index (κ2) is 4.75. The van der Waals surface area contributed by atoms with Gasteiger partial charge in [-0.2, -0.15) is 0 Å². The molecule has 0 spiro atoms. The Hall–Kier alpha value is -1.56. The van der Waals surface area contributed by atoms with E-state index in [1.165, 1.54) is 23.3 Å². The molecule has 1 saturated heterocycles. The van der Waals surface area contributed by atoms with Gasteiger partial charge in [-0.25, -0.2) is 4.79 Å². The normalized spacial score (nSPS) is 19.4. The summed E-state index contributed by atoms with van der Waals surface area (Å²) in [4.78, 5) is 25.1. The number of carbonyl (C=O) groups excluding carboxylic acids is 1. The minimum Gasteiger partial charge on any atom is -0.495 e. The average Bonchev–Trinajstić information content (AvgIpc) is 2.96. The molecule has 0 unspecified atom stereocenters. The van der Waals surface area contributed by atoms with E-state index in [-0.39, 0.29) is 5.91 Å². The highest BCUT2D eigenvalue weighted by Gasteiger charge is 2.35. The predicted molar refractivity (Wildman–Crippen MR) is 62.6 cm³/mol. The summed E-state index contributed by atoms with van der Waals surface area (Å²) in [6.07, 6.45) is 1.26. The van der Waals surface area contributed by atoms with Crippen molar-refractivity contribution >= 4 is 23.2 Å². The number of ether oxygens (including phenoxy) is 1. The SMILES string of the molecule is COc1ccsc1C(=O)N1CCC[C@H]1C(=O)O. The summed E-state index contributed by atoms with van der Waals surface area (Å²) < 4.78 is 5.08. The molecule has 2 heterocycles. The van der Waals surface area contributed by atoms with Crippen molar-refractivity contribution < 1.29 is 19.4 Å². The van der Waals surface area contributed by atoms with E-state index >= 15 is 0 Å². The molecule has 92 valence electrons. The van der Waals surface area contributed by atoms with E-state index in [1.807, 2.05) is 0 Å². The number of methoxy groups -OCH3 is 1. The topological polar surface area (TPSA) is 66.8 Å². The minimum absolute atomic E-state index is 0.248. The summed E-state index contributed by atoms with van der Waals surface area (Å²) >= 11 is 1.27. The van der Waals surface area contributed by atoms with E-state index in [0.29, 0.717) is 23.6 Å². The van der Waals surface area contributed by atoms with Gasteiger partial charge in [-0.15, -0.1) is 11.3 Å². The van der Waals surface area contributed by atoms with Gasteiger partial charge in [-0.05, 0) is 24.3 Å². The Kier molecular flexibility index (Phi) is 3.33. The zero-order valence-electron chi connectivity index (χ0n) is 9.38. The van der Waals surface area contributed by atoms with Crippen LogP contribution in [-0.2, 0) is 4.79 Å². The van der Waals surface area contributed by atoms with Crippen molar-refractivity contribution in [1.29, 1.82) is 0 Å². The van der Waals surface area contributed by atoms with Crippen molar-refractivity contribution in [3.05, 3.63) is 16.3 Å². The van der Waals surface area contributed by atoms with Gasteiger partial charge in [0, 0.05) is 6.54 Å². The van der Waals surface area contributed by atoms with Crippen LogP contribution in [0.15, 0.2) is 11.4 Å². The van der Waals surface area contributed by atoms with Crippen LogP contribution < -0.4 is 4.74 Å². The minimum atomic E-state index is -0.939. The highest BCUT2D eigenvalue weighted by molar-refractivity contribution is 7.12. The average molecular weight is 255 g/mol. The van der Waals surface area contributed by atoms with Crippen molar-refractivity contribution in [1.82, 2.24) is 4.90 Å². The molecule has 1 aliphatic heterocycles. The van der Waals surface area contributed by atoms with Gasteiger partial charge < -0.3 is 14.7 Å². The number of amides is 1. The summed E-state index contributed by atoms with van der Waals surface area (Å²) in [5.74, 6) is -0.677. The van der Waals surface area contributed by atoms with Gasteiger partial charge in [0.05, 0.1) is 7.11 Å². The molecule has 0 radical (unpaired) electrons. The molecule has 6 heteroatoms. The van der Waals surface area contributed by atoms with E-state index in [4.69, 9.17) is 9.84 Å². The van der Waals surface area contributed by atoms with Gasteiger partial charge in [-0.1, -0.05) is 0 Å². The Labute approximate surface area is 103 Å². The summed E-state index contributed by atoms with van der Waals surface area (Å²) in [5, 5.41) is 10.8. The molecule has 1 N–H and O–H groups in total. The number of thiophene rings is 1. The Morgan fingerprint density at radius 3 is 3.00 bits per heavy atom. The zero-order chi connectivity index (χ0) is 12.4. The monoisotopic (exact) mass is 255 g/mol. The molecule has 17 heavy (non-hydrogen) atoms. The quantitative estimate of drug-likeness (QED) is 0.887. The Bertz CT molecular complexity index is 442. The van der Waals surface area contributed by atoms with Crippen LogP contribution in [0.1, 0.15) is 22.5 Å². The third-order valence-corrected chi connectivity index (χ3v) is 3.73. The fraction of sp³-hybridized carbons (Fsp3) is 0.455. The van der Waals surface area contributed by atoms with E-state index in [9.17, 15) is 9.59 Å². The highest BCUT2D eigenvalue weighted by atomic mass is 32.1. The standard InChI is InChI=1S/C11H13NO4S/c1-16-8-4-6-17-9(8)10(13)12-5-2-3-7(12)11(14)15/h4,6-7H,2-3,5H2,1H3,(H,14,15)/t7-/m0/s1. The van der Waals surface area contributed by atoms with Crippen molar-refractivity contribution in [3.63, 3.8) is 0 Å². The number of hydrogen-bond donors (Lipinski definition) is 1. The van der Waals surface area contributed by atoms with Gasteiger partial charge >= 0.3 is 5.97 Å². The number of carbonyl (C=O) groups is 2. The number of aliphatic carboxylic acids is 1. The van der Waals surface area contributed by atoms with Crippen LogP contribution in [0, 0.1) is 0 Å². The summed E-state index contributed by atoms with van der Waals surface area (Å²) in [7, 11) is 1.50. The Morgan fingerprint density at radius 2 is 2.35 bits per heavy atom. The van der Waals surface area contributed by atoms with E-state index < -0.39 is 12.0 Å². The molecule has 1 aromatic rings. The number of carboxylic acids is 1. The fourth-order valence-electron chi connectivity index (χ4n) is 2.01. The first kappa shape index (κ1) is 11.9. The molecule has 0 aromatic carbocycles. The number of rotatable bonds is 3. The van der Waals surface area contributed by atoms with Gasteiger partial charge in [0.1, 0.15) is 16.7 Å². The number of nitrogens with zero attached hydrogens (tertiary/aromatic N) is 1. The molecular formula is C11H13NO4S. The fourth-order valence-corrected chi connectivity index (χ4v) is 2.82. The van der Waals surface area contributed by atoms with E-state index in [0.717, 1.165) is 6.42 Å². The molecule has 0 aliphatic carbocycles. The maximum Gasteiger partial charge on any atom is 0.326 e. The lowest BCUT2D eigenvalue weighted by Gasteiger charge is -2.20. The van der Waals surface area contributed by atoms with Crippen molar-refractivity contribution in [2.75, 3.05) is 13.7 Å². The lowest BCUT2D eigenvalue weighted by Crippen LogP contribution is -2.40. The van der Waals surface area contributed by atoms with Gasteiger partial charge in [0.15, 0.2) is 0 Å². The molecule has 1 aromatic heterocycles. The van der Waals surface area contributed by atoms with Crippen LogP contribution >= 0.6 is 11.3 Å². The summed E-state index contributed by atoms with van der Waals surface area (Å²) in [6.45, 7) is 0.497. The van der Waals surface area contributed by atoms with Crippen molar-refractivity contribution in [2.24, 2.45) is 0 Å². The lowest BCUT2D eigenvalue weighted by molar-refractivity contribution is -0.141. The molecule has 1 fully saturated rings. The second-order valence-corrected chi connectivity index (χ2v) is 4.73. The van der Waals surface area contributed by atoms with Crippen molar-refractivity contribution in [3.8, 4) is 5.75 Å². The molecule has 2 rings (SSSR count). The summed E-state index contributed by atoms with van der Waals surface area (Å²) in [6, 6.07) is 1.01. The summed E-state index contributed by atoms with van der Waals surface area (Å²) in [5.41, 5.74) is 0. The van der Waals surface area contributed by atoms with E-state index in [2.05, 4.69) is 0 Å². The highest BCUT2D eigenvalue weighted by Crippen LogP contribution is 2.29. The molecule has 1 aliphatic rings. The van der Waals surface area contributed by atoms with Crippen LogP contribution in [0.2, 0.25) is 0 Å². The number of carboxylic acid groups (broad SMARTS) is 1. The first-order valence-electron chi connectivity index (χ1n) is 5.30. The van der Waals surface area contributed by atoms with E-state index in [1.54, 1.807) is 11.4 Å². The molecule has 0 saturated carbocycles. The first-order chi connectivity index (χ1) is 8.15. The largest absolute Gasteiger partial charge is 0.495 e. The van der Waals surface area contributed by atoms with Crippen LogP contribution in [0.3, 0.4) is 0 Å². The van der Waals surface area contributed by atoms with Crippen molar-refractivity contribution in [2.45, 2.75) is 18.9 Å². The molecule has 1 amide bonds. The van der Waals surface area contributed by atoms with Crippen LogP contribution in [-0.4, -0.2) is 41.6 Å². The van der Waals surface area contributed by atoms with Crippen LogP contribution in [0.25, 0.3) is 0 Å².